The molecule has 0 atom stereocenters. The summed E-state index contributed by atoms with van der Waals surface area (Å²) in [6.07, 6.45) is 1.41. The van der Waals surface area contributed by atoms with E-state index in [2.05, 4.69) is 22.0 Å². The maximum Gasteiger partial charge on any atom is 0.241 e. The van der Waals surface area contributed by atoms with Crippen molar-refractivity contribution in [1.29, 1.82) is 0 Å². The van der Waals surface area contributed by atoms with Gasteiger partial charge < -0.3 is 15.8 Å². The summed E-state index contributed by atoms with van der Waals surface area (Å²) >= 11 is 0. The molecule has 17 heavy (non-hydrogen) atoms. The summed E-state index contributed by atoms with van der Waals surface area (Å²) in [7, 11) is 0. The van der Waals surface area contributed by atoms with E-state index in [1.807, 2.05) is 6.92 Å². The number of amides is 1. The molecule has 0 aliphatic heterocycles. The van der Waals surface area contributed by atoms with Crippen LogP contribution in [0, 0.1) is 0 Å². The number of hydrogen-bond acceptors (Lipinski definition) is 5. The van der Waals surface area contributed by atoms with Crippen LogP contribution in [-0.2, 0) is 16.1 Å². The summed E-state index contributed by atoms with van der Waals surface area (Å²) in [5, 5.41) is 6.49. The van der Waals surface area contributed by atoms with Crippen LogP contribution in [0.4, 0.5) is 5.95 Å². The second-order valence-electron chi connectivity index (χ2n) is 3.66. The minimum atomic E-state index is -0.158. The first-order chi connectivity index (χ1) is 8.08. The fourth-order valence-electron chi connectivity index (χ4n) is 1.10. The zero-order valence-electron chi connectivity index (χ0n) is 9.85. The van der Waals surface area contributed by atoms with Crippen LogP contribution in [0.25, 0.3) is 0 Å². The van der Waals surface area contributed by atoms with Crippen molar-refractivity contribution in [2.45, 2.75) is 13.5 Å². The highest BCUT2D eigenvalue weighted by molar-refractivity contribution is 5.75. The summed E-state index contributed by atoms with van der Waals surface area (Å²) < 4.78 is 6.61. The molecule has 0 fully saturated rings. The molecular formula is C10H17N5O2. The molecule has 94 valence electrons. The summed E-state index contributed by atoms with van der Waals surface area (Å²) in [4.78, 5) is 15.1. The van der Waals surface area contributed by atoms with E-state index in [4.69, 9.17) is 10.5 Å². The van der Waals surface area contributed by atoms with Crippen molar-refractivity contribution in [3.63, 3.8) is 0 Å². The number of anilines is 1. The van der Waals surface area contributed by atoms with E-state index >= 15 is 0 Å². The van der Waals surface area contributed by atoms with Gasteiger partial charge in [0.1, 0.15) is 12.9 Å². The van der Waals surface area contributed by atoms with Gasteiger partial charge >= 0.3 is 0 Å². The molecule has 7 heteroatoms. The van der Waals surface area contributed by atoms with E-state index in [0.717, 1.165) is 5.57 Å². The first kappa shape index (κ1) is 13.2. The largest absolute Gasteiger partial charge is 0.375 e. The molecule has 0 bridgehead atoms. The standard InChI is InChI=1S/C10H17N5O2/c1-8(2)6-17-4-3-12-9(16)5-15-7-13-10(11)14-15/h7H,1,3-6H2,2H3,(H2,11,14)(H,12,16). The number of aromatic nitrogens is 3. The Morgan fingerprint density at radius 1 is 1.71 bits per heavy atom. The number of carbonyl (C=O) groups is 1. The molecule has 0 saturated heterocycles. The average Bonchev–Trinajstić information content (AvgIpc) is 2.63. The summed E-state index contributed by atoms with van der Waals surface area (Å²) in [6, 6.07) is 0. The monoisotopic (exact) mass is 239 g/mol. The van der Waals surface area contributed by atoms with Crippen molar-refractivity contribution in [2.75, 3.05) is 25.5 Å². The maximum atomic E-state index is 11.4. The number of ether oxygens (including phenoxy) is 1. The van der Waals surface area contributed by atoms with Crippen LogP contribution in [0.5, 0.6) is 0 Å². The molecule has 1 rings (SSSR count). The van der Waals surface area contributed by atoms with Crippen LogP contribution in [0.3, 0.4) is 0 Å². The molecule has 0 aliphatic rings. The number of carbonyl (C=O) groups excluding carboxylic acids is 1. The van der Waals surface area contributed by atoms with Gasteiger partial charge in [0.25, 0.3) is 0 Å². The topological polar surface area (TPSA) is 95.1 Å². The zero-order chi connectivity index (χ0) is 12.7. The predicted octanol–water partition coefficient (Wildman–Crippen LogP) is -0.431. The van der Waals surface area contributed by atoms with Crippen molar-refractivity contribution >= 4 is 11.9 Å². The fraction of sp³-hybridized carbons (Fsp3) is 0.500. The normalized spacial score (nSPS) is 10.2. The number of nitrogens with one attached hydrogen (secondary N) is 1. The van der Waals surface area contributed by atoms with Gasteiger partial charge in [0, 0.05) is 6.54 Å². The highest BCUT2D eigenvalue weighted by Crippen LogP contribution is 1.89. The number of nitrogen functional groups attached to an aromatic ring is 1. The molecular weight excluding hydrogens is 222 g/mol. The Labute approximate surface area is 99.7 Å². The van der Waals surface area contributed by atoms with Crippen molar-refractivity contribution in [1.82, 2.24) is 20.1 Å². The molecule has 0 aliphatic carbocycles. The van der Waals surface area contributed by atoms with E-state index < -0.39 is 0 Å². The summed E-state index contributed by atoms with van der Waals surface area (Å²) in [6.45, 7) is 7.11. The molecule has 0 radical (unpaired) electrons. The molecule has 3 N–H and O–H groups in total. The number of hydrogen-bond donors (Lipinski definition) is 2. The highest BCUT2D eigenvalue weighted by Gasteiger charge is 2.03. The molecule has 0 aromatic carbocycles. The maximum absolute atomic E-state index is 11.4. The van der Waals surface area contributed by atoms with Crippen molar-refractivity contribution < 1.29 is 9.53 Å². The van der Waals surface area contributed by atoms with Crippen molar-refractivity contribution in [3.8, 4) is 0 Å². The van der Waals surface area contributed by atoms with Crippen LogP contribution >= 0.6 is 0 Å². The molecule has 1 aromatic heterocycles. The van der Waals surface area contributed by atoms with Crippen LogP contribution in [0.15, 0.2) is 18.5 Å². The quantitative estimate of drug-likeness (QED) is 0.497. The van der Waals surface area contributed by atoms with Gasteiger partial charge in [-0.3, -0.25) is 4.79 Å². The molecule has 0 unspecified atom stereocenters. The van der Waals surface area contributed by atoms with Gasteiger partial charge in [0.15, 0.2) is 0 Å². The minimum absolute atomic E-state index is 0.102. The molecule has 1 aromatic rings. The van der Waals surface area contributed by atoms with Gasteiger partial charge in [0.05, 0.1) is 13.2 Å². The Morgan fingerprint density at radius 2 is 2.47 bits per heavy atom. The highest BCUT2D eigenvalue weighted by atomic mass is 16.5. The Hall–Kier alpha value is -1.89. The SMILES string of the molecule is C=C(C)COCCNC(=O)Cn1cnc(N)n1. The van der Waals surface area contributed by atoms with E-state index in [9.17, 15) is 4.79 Å². The predicted molar refractivity (Wildman–Crippen MR) is 63.1 cm³/mol. The van der Waals surface area contributed by atoms with Gasteiger partial charge in [-0.1, -0.05) is 12.2 Å². The lowest BCUT2D eigenvalue weighted by atomic mass is 10.4. The second-order valence-corrected chi connectivity index (χ2v) is 3.66. The van der Waals surface area contributed by atoms with Crippen LogP contribution in [-0.4, -0.2) is 40.4 Å². The smallest absolute Gasteiger partial charge is 0.241 e. The van der Waals surface area contributed by atoms with Gasteiger partial charge in [-0.15, -0.1) is 5.10 Å². The molecule has 1 amide bonds. The minimum Gasteiger partial charge on any atom is -0.375 e. The van der Waals surface area contributed by atoms with Crippen LogP contribution < -0.4 is 11.1 Å². The number of nitrogens with zero attached hydrogens (tertiary/aromatic N) is 3. The number of rotatable bonds is 7. The van der Waals surface area contributed by atoms with E-state index in [1.165, 1.54) is 11.0 Å². The lowest BCUT2D eigenvalue weighted by Gasteiger charge is -2.06. The summed E-state index contributed by atoms with van der Waals surface area (Å²) in [5.74, 6) is -0.00332. The fourth-order valence-corrected chi connectivity index (χ4v) is 1.10. The zero-order valence-corrected chi connectivity index (χ0v) is 9.85. The van der Waals surface area contributed by atoms with Gasteiger partial charge in [0.2, 0.25) is 11.9 Å². The van der Waals surface area contributed by atoms with Crippen LogP contribution in [0.2, 0.25) is 0 Å². The first-order valence-electron chi connectivity index (χ1n) is 5.21. The molecule has 0 saturated carbocycles. The number of nitrogens with two attached hydrogens (primary N) is 1. The third kappa shape index (κ3) is 5.67. The van der Waals surface area contributed by atoms with Crippen molar-refractivity contribution in [2.24, 2.45) is 0 Å². The summed E-state index contributed by atoms with van der Waals surface area (Å²) in [5.41, 5.74) is 6.27. The molecule has 1 heterocycles. The first-order valence-corrected chi connectivity index (χ1v) is 5.21. The third-order valence-corrected chi connectivity index (χ3v) is 1.78. The van der Waals surface area contributed by atoms with Crippen LogP contribution in [0.1, 0.15) is 6.92 Å². The Kier molecular flexibility index (Phi) is 5.15. The van der Waals surface area contributed by atoms with E-state index in [1.54, 1.807) is 0 Å². The molecule has 7 nitrogen and oxygen atoms in total. The van der Waals surface area contributed by atoms with Gasteiger partial charge in [-0.25, -0.2) is 9.67 Å². The lowest BCUT2D eigenvalue weighted by Crippen LogP contribution is -2.30. The average molecular weight is 239 g/mol. The van der Waals surface area contributed by atoms with Gasteiger partial charge in [-0.05, 0) is 6.92 Å². The lowest BCUT2D eigenvalue weighted by molar-refractivity contribution is -0.122. The second kappa shape index (κ2) is 6.64. The van der Waals surface area contributed by atoms with E-state index in [0.29, 0.717) is 19.8 Å². The molecule has 0 spiro atoms. The Bertz CT molecular complexity index is 388. The Morgan fingerprint density at radius 3 is 3.06 bits per heavy atom. The van der Waals surface area contributed by atoms with Gasteiger partial charge in [-0.2, -0.15) is 0 Å². The Balaban J connectivity index is 2.11. The van der Waals surface area contributed by atoms with Crippen molar-refractivity contribution in [3.05, 3.63) is 18.5 Å². The van der Waals surface area contributed by atoms with E-state index in [-0.39, 0.29) is 18.4 Å². The third-order valence-electron chi connectivity index (χ3n) is 1.78.